The standard InChI is InChI=1S/C10H5F4NO/c11-8-2-1-6(10(12,13)14)3-7(8)9-4-15-5-16-9/h1-5H. The Hall–Kier alpha value is -1.85. The molecule has 0 bridgehead atoms. The summed E-state index contributed by atoms with van der Waals surface area (Å²) in [5, 5.41) is 0. The van der Waals surface area contributed by atoms with Crippen LogP contribution in [0.25, 0.3) is 11.3 Å². The number of halogens is 4. The van der Waals surface area contributed by atoms with Crippen LogP contribution < -0.4 is 0 Å². The number of rotatable bonds is 1. The monoisotopic (exact) mass is 231 g/mol. The molecular formula is C10H5F4NO. The number of hydrogen-bond donors (Lipinski definition) is 0. The van der Waals surface area contributed by atoms with E-state index >= 15 is 0 Å². The molecular weight excluding hydrogens is 226 g/mol. The fraction of sp³-hybridized carbons (Fsp3) is 0.100. The van der Waals surface area contributed by atoms with Crippen molar-refractivity contribution in [1.82, 2.24) is 4.98 Å². The molecule has 0 aliphatic carbocycles. The van der Waals surface area contributed by atoms with Crippen LogP contribution in [-0.4, -0.2) is 4.98 Å². The Morgan fingerprint density at radius 3 is 2.50 bits per heavy atom. The van der Waals surface area contributed by atoms with Crippen molar-refractivity contribution >= 4 is 0 Å². The van der Waals surface area contributed by atoms with E-state index in [9.17, 15) is 17.6 Å². The van der Waals surface area contributed by atoms with E-state index in [0.29, 0.717) is 12.1 Å². The van der Waals surface area contributed by atoms with Crippen LogP contribution in [0.5, 0.6) is 0 Å². The van der Waals surface area contributed by atoms with Gasteiger partial charge >= 0.3 is 6.18 Å². The van der Waals surface area contributed by atoms with Gasteiger partial charge in [0.05, 0.1) is 17.3 Å². The van der Waals surface area contributed by atoms with Crippen molar-refractivity contribution in [2.24, 2.45) is 0 Å². The zero-order valence-electron chi connectivity index (χ0n) is 7.75. The maximum atomic E-state index is 13.3. The molecule has 1 aromatic carbocycles. The van der Waals surface area contributed by atoms with Gasteiger partial charge in [-0.3, -0.25) is 0 Å². The van der Waals surface area contributed by atoms with Gasteiger partial charge in [0.15, 0.2) is 12.2 Å². The molecule has 2 aromatic rings. The van der Waals surface area contributed by atoms with E-state index in [1.54, 1.807) is 0 Å². The molecule has 0 atom stereocenters. The second-order valence-corrected chi connectivity index (χ2v) is 3.06. The molecule has 16 heavy (non-hydrogen) atoms. The Labute approximate surface area is 87.5 Å². The van der Waals surface area contributed by atoms with Crippen LogP contribution in [0.1, 0.15) is 5.56 Å². The van der Waals surface area contributed by atoms with E-state index in [-0.39, 0.29) is 11.3 Å². The summed E-state index contributed by atoms with van der Waals surface area (Å²) >= 11 is 0. The first-order chi connectivity index (χ1) is 7.48. The molecule has 1 aromatic heterocycles. The maximum Gasteiger partial charge on any atom is 0.416 e. The van der Waals surface area contributed by atoms with Gasteiger partial charge in [0, 0.05) is 0 Å². The van der Waals surface area contributed by atoms with Crippen LogP contribution in [0.15, 0.2) is 35.2 Å². The van der Waals surface area contributed by atoms with Crippen LogP contribution in [-0.2, 0) is 6.18 Å². The van der Waals surface area contributed by atoms with E-state index < -0.39 is 17.6 Å². The van der Waals surface area contributed by atoms with Crippen molar-refractivity contribution in [2.75, 3.05) is 0 Å². The van der Waals surface area contributed by atoms with Gasteiger partial charge in [0.2, 0.25) is 0 Å². The predicted molar refractivity (Wildman–Crippen MR) is 46.9 cm³/mol. The molecule has 84 valence electrons. The number of nitrogens with zero attached hydrogens (tertiary/aromatic N) is 1. The minimum atomic E-state index is -4.51. The SMILES string of the molecule is Fc1ccc(C(F)(F)F)cc1-c1cnco1. The van der Waals surface area contributed by atoms with E-state index in [4.69, 9.17) is 4.42 Å². The van der Waals surface area contributed by atoms with Gasteiger partial charge in [-0.25, -0.2) is 9.37 Å². The molecule has 0 unspecified atom stereocenters. The predicted octanol–water partition coefficient (Wildman–Crippen LogP) is 3.50. The molecule has 1 heterocycles. The van der Waals surface area contributed by atoms with Gasteiger partial charge in [-0.2, -0.15) is 13.2 Å². The Morgan fingerprint density at radius 2 is 1.94 bits per heavy atom. The highest BCUT2D eigenvalue weighted by Gasteiger charge is 2.31. The molecule has 0 fully saturated rings. The third-order valence-corrected chi connectivity index (χ3v) is 1.99. The summed E-state index contributed by atoms with van der Waals surface area (Å²) in [5.41, 5.74) is -1.19. The number of hydrogen-bond acceptors (Lipinski definition) is 2. The Kier molecular flexibility index (Phi) is 2.41. The summed E-state index contributed by atoms with van der Waals surface area (Å²) in [6.45, 7) is 0. The fourth-order valence-electron chi connectivity index (χ4n) is 1.24. The second kappa shape index (κ2) is 3.62. The Bertz CT molecular complexity index is 490. The number of oxazole rings is 1. The van der Waals surface area contributed by atoms with Crippen molar-refractivity contribution in [3.63, 3.8) is 0 Å². The van der Waals surface area contributed by atoms with Crippen LogP contribution in [0, 0.1) is 5.82 Å². The van der Waals surface area contributed by atoms with Gasteiger partial charge in [-0.15, -0.1) is 0 Å². The molecule has 0 spiro atoms. The fourth-order valence-corrected chi connectivity index (χ4v) is 1.24. The zero-order chi connectivity index (χ0) is 11.8. The molecule has 0 amide bonds. The smallest absolute Gasteiger partial charge is 0.416 e. The summed E-state index contributed by atoms with van der Waals surface area (Å²) < 4.78 is 55.1. The lowest BCUT2D eigenvalue weighted by atomic mass is 10.1. The van der Waals surface area contributed by atoms with E-state index in [2.05, 4.69) is 4.98 Å². The van der Waals surface area contributed by atoms with Crippen LogP contribution in [0.3, 0.4) is 0 Å². The largest absolute Gasteiger partial charge is 0.443 e. The first-order valence-electron chi connectivity index (χ1n) is 4.24. The average Bonchev–Trinajstić information content (AvgIpc) is 2.69. The first kappa shape index (κ1) is 10.7. The van der Waals surface area contributed by atoms with Gasteiger partial charge in [0.25, 0.3) is 0 Å². The van der Waals surface area contributed by atoms with Crippen molar-refractivity contribution < 1.29 is 22.0 Å². The number of benzene rings is 1. The van der Waals surface area contributed by atoms with Crippen LogP contribution in [0.2, 0.25) is 0 Å². The first-order valence-corrected chi connectivity index (χ1v) is 4.24. The lowest BCUT2D eigenvalue weighted by Gasteiger charge is -2.08. The second-order valence-electron chi connectivity index (χ2n) is 3.06. The molecule has 0 radical (unpaired) electrons. The summed E-state index contributed by atoms with van der Waals surface area (Å²) in [4.78, 5) is 3.52. The van der Waals surface area contributed by atoms with Crippen molar-refractivity contribution in [3.8, 4) is 11.3 Å². The summed E-state index contributed by atoms with van der Waals surface area (Å²) in [6, 6.07) is 2.12. The molecule has 0 aliphatic heterocycles. The number of alkyl halides is 3. The van der Waals surface area contributed by atoms with Gasteiger partial charge in [-0.05, 0) is 18.2 Å². The Balaban J connectivity index is 2.54. The molecule has 0 aliphatic rings. The molecule has 2 rings (SSSR count). The molecule has 0 saturated carbocycles. The van der Waals surface area contributed by atoms with Crippen molar-refractivity contribution in [1.29, 1.82) is 0 Å². The van der Waals surface area contributed by atoms with E-state index in [1.165, 1.54) is 0 Å². The quantitative estimate of drug-likeness (QED) is 0.702. The van der Waals surface area contributed by atoms with Crippen molar-refractivity contribution in [3.05, 3.63) is 42.2 Å². The highest BCUT2D eigenvalue weighted by molar-refractivity contribution is 5.58. The minimum absolute atomic E-state index is 0.0383. The minimum Gasteiger partial charge on any atom is -0.443 e. The summed E-state index contributed by atoms with van der Waals surface area (Å²) in [6.07, 6.45) is -2.34. The van der Waals surface area contributed by atoms with Gasteiger partial charge in [-0.1, -0.05) is 0 Å². The molecule has 0 N–H and O–H groups in total. The molecule has 0 saturated heterocycles. The Morgan fingerprint density at radius 1 is 1.19 bits per heavy atom. The highest BCUT2D eigenvalue weighted by Crippen LogP contribution is 2.33. The molecule has 2 nitrogen and oxygen atoms in total. The zero-order valence-corrected chi connectivity index (χ0v) is 7.75. The molecule has 6 heteroatoms. The normalized spacial score (nSPS) is 11.8. The van der Waals surface area contributed by atoms with Crippen LogP contribution >= 0.6 is 0 Å². The highest BCUT2D eigenvalue weighted by atomic mass is 19.4. The number of aromatic nitrogens is 1. The lowest BCUT2D eigenvalue weighted by Crippen LogP contribution is -2.05. The topological polar surface area (TPSA) is 26.0 Å². The average molecular weight is 231 g/mol. The summed E-state index contributed by atoms with van der Waals surface area (Å²) in [5.74, 6) is -0.826. The maximum absolute atomic E-state index is 13.3. The van der Waals surface area contributed by atoms with Crippen molar-refractivity contribution in [2.45, 2.75) is 6.18 Å². The van der Waals surface area contributed by atoms with Gasteiger partial charge < -0.3 is 4.42 Å². The van der Waals surface area contributed by atoms with Crippen LogP contribution in [0.4, 0.5) is 17.6 Å². The third-order valence-electron chi connectivity index (χ3n) is 1.99. The summed E-state index contributed by atoms with van der Waals surface area (Å²) in [7, 11) is 0. The lowest BCUT2D eigenvalue weighted by molar-refractivity contribution is -0.137. The van der Waals surface area contributed by atoms with E-state index in [0.717, 1.165) is 18.7 Å². The third kappa shape index (κ3) is 1.91. The van der Waals surface area contributed by atoms with E-state index in [1.807, 2.05) is 0 Å². The van der Waals surface area contributed by atoms with Gasteiger partial charge in [0.1, 0.15) is 5.82 Å².